The first-order chi connectivity index (χ1) is 15.7. The molecular weight excluding hydrogens is 455 g/mol. The minimum absolute atomic E-state index is 0.00234. The summed E-state index contributed by atoms with van der Waals surface area (Å²) in [6, 6.07) is 16.3. The van der Waals surface area contributed by atoms with E-state index in [0.29, 0.717) is 22.6 Å². The highest BCUT2D eigenvalue weighted by Gasteiger charge is 2.42. The Hall–Kier alpha value is -3.32. The monoisotopic (exact) mass is 473 g/mol. The smallest absolute Gasteiger partial charge is 0.417 e. The number of benzene rings is 3. The third-order valence-electron chi connectivity index (χ3n) is 5.84. The van der Waals surface area contributed by atoms with E-state index in [2.05, 4.69) is 0 Å². The maximum atomic E-state index is 13.4. The summed E-state index contributed by atoms with van der Waals surface area (Å²) in [6.07, 6.45) is -3.81. The summed E-state index contributed by atoms with van der Waals surface area (Å²) in [6.45, 7) is 0. The van der Waals surface area contributed by atoms with Crippen molar-refractivity contribution in [2.45, 2.75) is 31.1 Å². The van der Waals surface area contributed by atoms with Gasteiger partial charge in [-0.3, -0.25) is 4.79 Å². The topological polar surface area (TPSA) is 57.6 Å². The van der Waals surface area contributed by atoms with Crippen LogP contribution in [0, 0.1) is 0 Å². The van der Waals surface area contributed by atoms with Crippen molar-refractivity contribution in [1.82, 2.24) is 4.90 Å². The highest BCUT2D eigenvalue weighted by atomic mass is 35.5. The molecule has 1 fully saturated rings. The van der Waals surface area contributed by atoms with Gasteiger partial charge in [-0.05, 0) is 53.8 Å². The van der Waals surface area contributed by atoms with Crippen molar-refractivity contribution in [2.24, 2.45) is 0 Å². The van der Waals surface area contributed by atoms with E-state index in [9.17, 15) is 27.9 Å². The van der Waals surface area contributed by atoms with E-state index < -0.39 is 35.7 Å². The molecule has 8 heteroatoms. The third kappa shape index (κ3) is 4.46. The van der Waals surface area contributed by atoms with Crippen molar-refractivity contribution in [3.8, 4) is 11.1 Å². The highest BCUT2D eigenvalue weighted by Crippen LogP contribution is 2.41. The fraction of sp³-hybridized carbons (Fsp3) is 0.200. The van der Waals surface area contributed by atoms with Gasteiger partial charge in [0.15, 0.2) is 0 Å². The Morgan fingerprint density at radius 2 is 1.55 bits per heavy atom. The molecule has 1 aliphatic heterocycles. The molecule has 0 radical (unpaired) electrons. The summed E-state index contributed by atoms with van der Waals surface area (Å²) in [5.74, 6) is -1.63. The summed E-state index contributed by atoms with van der Waals surface area (Å²) in [4.78, 5) is 26.5. The SMILES string of the molecule is O=C(O)[C@@H]1CCC(c2ccccc2Cl)N1C(=O)c1ccc(-c2ccccc2C(F)(F)F)cc1. The van der Waals surface area contributed by atoms with E-state index in [-0.39, 0.29) is 17.5 Å². The summed E-state index contributed by atoms with van der Waals surface area (Å²) in [7, 11) is 0. The maximum Gasteiger partial charge on any atom is 0.417 e. The molecule has 1 saturated heterocycles. The highest BCUT2D eigenvalue weighted by molar-refractivity contribution is 6.31. The van der Waals surface area contributed by atoms with Crippen molar-refractivity contribution >= 4 is 23.5 Å². The van der Waals surface area contributed by atoms with Crippen molar-refractivity contribution in [3.05, 3.63) is 94.5 Å². The van der Waals surface area contributed by atoms with Crippen molar-refractivity contribution in [1.29, 1.82) is 0 Å². The number of carbonyl (C=O) groups is 2. The van der Waals surface area contributed by atoms with Crippen LogP contribution >= 0.6 is 11.6 Å². The van der Waals surface area contributed by atoms with E-state index in [0.717, 1.165) is 6.07 Å². The lowest BCUT2D eigenvalue weighted by Crippen LogP contribution is -2.41. The van der Waals surface area contributed by atoms with Crippen molar-refractivity contribution in [2.75, 3.05) is 0 Å². The molecule has 0 spiro atoms. The van der Waals surface area contributed by atoms with Gasteiger partial charge in [-0.15, -0.1) is 0 Å². The van der Waals surface area contributed by atoms with Crippen LogP contribution in [-0.2, 0) is 11.0 Å². The van der Waals surface area contributed by atoms with E-state index in [1.807, 2.05) is 0 Å². The fourth-order valence-electron chi connectivity index (χ4n) is 4.31. The number of hydrogen-bond acceptors (Lipinski definition) is 2. The summed E-state index contributed by atoms with van der Waals surface area (Å²) < 4.78 is 40.1. The molecule has 1 unspecified atom stereocenters. The molecule has 1 aliphatic rings. The number of carboxylic acids is 1. The first-order valence-corrected chi connectivity index (χ1v) is 10.6. The molecule has 4 nitrogen and oxygen atoms in total. The number of hydrogen-bond donors (Lipinski definition) is 1. The zero-order valence-corrected chi connectivity index (χ0v) is 18.0. The standard InChI is InChI=1S/C25H19ClF3NO3/c26-20-8-4-2-6-18(20)21-13-14-22(24(32)33)30(21)23(31)16-11-9-15(10-12-16)17-5-1-3-7-19(17)25(27,28)29/h1-12,21-22H,13-14H2,(H,32,33)/t21?,22-/m0/s1. The molecule has 0 aliphatic carbocycles. The zero-order chi connectivity index (χ0) is 23.8. The van der Waals surface area contributed by atoms with Gasteiger partial charge >= 0.3 is 12.1 Å². The van der Waals surface area contributed by atoms with Crippen LogP contribution in [0.25, 0.3) is 11.1 Å². The molecule has 3 aromatic carbocycles. The number of amides is 1. The van der Waals surface area contributed by atoms with Crippen LogP contribution in [-0.4, -0.2) is 27.9 Å². The van der Waals surface area contributed by atoms with Crippen LogP contribution in [0.15, 0.2) is 72.8 Å². The first kappa shape index (κ1) is 22.9. The molecule has 0 saturated carbocycles. The molecule has 4 rings (SSSR count). The largest absolute Gasteiger partial charge is 0.480 e. The molecule has 1 N–H and O–H groups in total. The van der Waals surface area contributed by atoms with E-state index >= 15 is 0 Å². The van der Waals surface area contributed by atoms with Gasteiger partial charge in [-0.25, -0.2) is 4.79 Å². The van der Waals surface area contributed by atoms with Gasteiger partial charge in [-0.2, -0.15) is 13.2 Å². The Kier molecular flexibility index (Phi) is 6.17. The van der Waals surface area contributed by atoms with Crippen molar-refractivity contribution in [3.63, 3.8) is 0 Å². The lowest BCUT2D eigenvalue weighted by molar-refractivity contribution is -0.141. The Labute approximate surface area is 193 Å². The van der Waals surface area contributed by atoms with Gasteiger partial charge in [0.05, 0.1) is 11.6 Å². The van der Waals surface area contributed by atoms with E-state index in [1.165, 1.54) is 47.4 Å². The molecule has 1 heterocycles. The predicted molar refractivity (Wildman–Crippen MR) is 118 cm³/mol. The summed E-state index contributed by atoms with van der Waals surface area (Å²) in [5, 5.41) is 10.1. The van der Waals surface area contributed by atoms with Gasteiger partial charge < -0.3 is 10.0 Å². The Balaban J connectivity index is 1.68. The molecule has 3 aromatic rings. The molecule has 170 valence electrons. The van der Waals surface area contributed by atoms with Gasteiger partial charge in [0, 0.05) is 10.6 Å². The molecular formula is C25H19ClF3NO3. The van der Waals surface area contributed by atoms with Crippen LogP contribution in [0.3, 0.4) is 0 Å². The van der Waals surface area contributed by atoms with Crippen LogP contribution < -0.4 is 0 Å². The summed E-state index contributed by atoms with van der Waals surface area (Å²) in [5.41, 5.74) is 0.384. The zero-order valence-electron chi connectivity index (χ0n) is 17.2. The van der Waals surface area contributed by atoms with Gasteiger partial charge in [0.1, 0.15) is 6.04 Å². The Bertz CT molecular complexity index is 1190. The normalized spacial score (nSPS) is 18.4. The number of aliphatic carboxylic acids is 1. The second kappa shape index (κ2) is 8.90. The van der Waals surface area contributed by atoms with E-state index in [1.54, 1.807) is 24.3 Å². The van der Waals surface area contributed by atoms with Gasteiger partial charge in [0.2, 0.25) is 0 Å². The minimum Gasteiger partial charge on any atom is -0.480 e. The van der Waals surface area contributed by atoms with Crippen molar-refractivity contribution < 1.29 is 27.9 Å². The fourth-order valence-corrected chi connectivity index (χ4v) is 4.57. The quantitative estimate of drug-likeness (QED) is 0.473. The second-order valence-corrected chi connectivity index (χ2v) is 8.21. The number of alkyl halides is 3. The van der Waals surface area contributed by atoms with Crippen LogP contribution in [0.5, 0.6) is 0 Å². The number of likely N-dealkylation sites (tertiary alicyclic amines) is 1. The second-order valence-electron chi connectivity index (χ2n) is 7.80. The lowest BCUT2D eigenvalue weighted by Gasteiger charge is -2.29. The molecule has 1 amide bonds. The van der Waals surface area contributed by atoms with Crippen LogP contribution in [0.4, 0.5) is 13.2 Å². The lowest BCUT2D eigenvalue weighted by atomic mass is 9.98. The van der Waals surface area contributed by atoms with Gasteiger partial charge in [-0.1, -0.05) is 60.1 Å². The molecule has 0 aromatic heterocycles. The predicted octanol–water partition coefficient (Wildman–Crippen LogP) is 6.46. The van der Waals surface area contributed by atoms with Crippen LogP contribution in [0.2, 0.25) is 5.02 Å². The number of halogens is 4. The molecule has 0 bridgehead atoms. The number of carboxylic acid groups (broad SMARTS) is 1. The average Bonchev–Trinajstić information content (AvgIpc) is 3.24. The molecule has 2 atom stereocenters. The van der Waals surface area contributed by atoms with Crippen LogP contribution in [0.1, 0.15) is 40.4 Å². The van der Waals surface area contributed by atoms with E-state index in [4.69, 9.17) is 11.6 Å². The first-order valence-electron chi connectivity index (χ1n) is 10.2. The minimum atomic E-state index is -4.52. The Morgan fingerprint density at radius 1 is 0.909 bits per heavy atom. The average molecular weight is 474 g/mol. The number of nitrogens with zero attached hydrogens (tertiary/aromatic N) is 1. The number of carbonyl (C=O) groups excluding carboxylic acids is 1. The number of rotatable bonds is 4. The maximum absolute atomic E-state index is 13.4. The molecule has 33 heavy (non-hydrogen) atoms. The summed E-state index contributed by atoms with van der Waals surface area (Å²) >= 11 is 6.31. The van der Waals surface area contributed by atoms with Gasteiger partial charge in [0.25, 0.3) is 5.91 Å². The third-order valence-corrected chi connectivity index (χ3v) is 6.19. The Morgan fingerprint density at radius 3 is 2.18 bits per heavy atom.